The molecule has 0 aliphatic rings. The molecule has 23 heavy (non-hydrogen) atoms. The topological polar surface area (TPSA) is 20.3 Å². The monoisotopic (exact) mass is 303 g/mol. The molecule has 0 fully saturated rings. The van der Waals surface area contributed by atoms with E-state index in [4.69, 9.17) is 0 Å². The summed E-state index contributed by atoms with van der Waals surface area (Å²) in [6.07, 6.45) is 0.429. The maximum absolute atomic E-state index is 12.6. The maximum atomic E-state index is 12.6. The van der Waals surface area contributed by atoms with Gasteiger partial charge in [-0.2, -0.15) is 0 Å². The minimum atomic E-state index is 0.0733. The average Bonchev–Trinajstić information content (AvgIpc) is 2.61. The average molecular weight is 303 g/mol. The Bertz CT molecular complexity index is 810. The molecule has 1 atom stereocenters. The lowest BCUT2D eigenvalue weighted by Gasteiger charge is -2.25. The van der Waals surface area contributed by atoms with Crippen LogP contribution in [0, 0.1) is 0 Å². The molecule has 0 bridgehead atoms. The zero-order chi connectivity index (χ0) is 16.2. The van der Waals surface area contributed by atoms with E-state index in [-0.39, 0.29) is 11.9 Å². The lowest BCUT2D eigenvalue weighted by molar-refractivity contribution is -0.131. The van der Waals surface area contributed by atoms with Gasteiger partial charge in [0, 0.05) is 7.05 Å². The normalized spacial score (nSPS) is 12.1. The molecule has 3 aromatic rings. The van der Waals surface area contributed by atoms with Crippen molar-refractivity contribution in [3.63, 3.8) is 0 Å². The third-order valence-corrected chi connectivity index (χ3v) is 4.43. The van der Waals surface area contributed by atoms with Gasteiger partial charge in [0.1, 0.15) is 0 Å². The smallest absolute Gasteiger partial charge is 0.227 e. The highest BCUT2D eigenvalue weighted by Gasteiger charge is 2.17. The minimum absolute atomic E-state index is 0.0733. The summed E-state index contributed by atoms with van der Waals surface area (Å²) in [7, 11) is 1.88. The molecule has 0 N–H and O–H groups in total. The summed E-state index contributed by atoms with van der Waals surface area (Å²) in [5, 5.41) is 2.38. The van der Waals surface area contributed by atoms with Crippen molar-refractivity contribution < 1.29 is 4.79 Å². The summed E-state index contributed by atoms with van der Waals surface area (Å²) in [6, 6.07) is 24.7. The maximum Gasteiger partial charge on any atom is 0.227 e. The van der Waals surface area contributed by atoms with E-state index < -0.39 is 0 Å². The predicted molar refractivity (Wildman–Crippen MR) is 95.3 cm³/mol. The molecule has 0 spiro atoms. The molecule has 0 heterocycles. The summed E-state index contributed by atoms with van der Waals surface area (Å²) in [5.74, 6) is 0.136. The fraction of sp³-hybridized carbons (Fsp3) is 0.190. The van der Waals surface area contributed by atoms with E-state index in [0.717, 1.165) is 11.1 Å². The number of nitrogens with zero attached hydrogens (tertiary/aromatic N) is 1. The van der Waals surface area contributed by atoms with Crippen LogP contribution < -0.4 is 0 Å². The molecule has 2 heteroatoms. The number of hydrogen-bond acceptors (Lipinski definition) is 1. The first-order valence-electron chi connectivity index (χ1n) is 7.93. The Morgan fingerprint density at radius 1 is 0.913 bits per heavy atom. The molecule has 0 aliphatic heterocycles. The molecule has 0 saturated heterocycles. The van der Waals surface area contributed by atoms with Crippen molar-refractivity contribution in [3.8, 4) is 0 Å². The molecule has 0 saturated carbocycles. The molecule has 0 aliphatic carbocycles. The molecular formula is C21H21NO. The quantitative estimate of drug-likeness (QED) is 0.689. The number of fused-ring (bicyclic) bond motifs is 1. The van der Waals surface area contributed by atoms with E-state index in [1.807, 2.05) is 48.3 Å². The van der Waals surface area contributed by atoms with Gasteiger partial charge in [-0.3, -0.25) is 4.79 Å². The van der Waals surface area contributed by atoms with Crippen LogP contribution in [0.1, 0.15) is 24.1 Å². The van der Waals surface area contributed by atoms with Gasteiger partial charge < -0.3 is 4.90 Å². The highest BCUT2D eigenvalue weighted by atomic mass is 16.2. The summed E-state index contributed by atoms with van der Waals surface area (Å²) in [5.41, 5.74) is 2.21. The molecule has 0 radical (unpaired) electrons. The second-order valence-electron chi connectivity index (χ2n) is 5.95. The van der Waals surface area contributed by atoms with Crippen LogP contribution in [0.15, 0.2) is 72.8 Å². The summed E-state index contributed by atoms with van der Waals surface area (Å²) >= 11 is 0. The highest BCUT2D eigenvalue weighted by molar-refractivity contribution is 5.85. The fourth-order valence-corrected chi connectivity index (χ4v) is 2.82. The van der Waals surface area contributed by atoms with Gasteiger partial charge in [0.05, 0.1) is 12.5 Å². The molecule has 1 unspecified atom stereocenters. The first kappa shape index (κ1) is 15.3. The Balaban J connectivity index is 1.74. The SMILES string of the molecule is CC(c1ccccc1)N(C)C(=O)Cc1ccc2ccccc2c1. The van der Waals surface area contributed by atoms with Crippen LogP contribution in [-0.2, 0) is 11.2 Å². The zero-order valence-electron chi connectivity index (χ0n) is 13.6. The Hall–Kier alpha value is -2.61. The number of likely N-dealkylation sites (N-methyl/N-ethyl adjacent to an activating group) is 1. The van der Waals surface area contributed by atoms with E-state index in [0.29, 0.717) is 6.42 Å². The van der Waals surface area contributed by atoms with Crippen molar-refractivity contribution in [2.24, 2.45) is 0 Å². The lowest BCUT2D eigenvalue weighted by atomic mass is 10.0. The van der Waals surface area contributed by atoms with Crippen LogP contribution in [0.4, 0.5) is 0 Å². The number of benzene rings is 3. The zero-order valence-corrected chi connectivity index (χ0v) is 13.6. The summed E-state index contributed by atoms with van der Waals surface area (Å²) < 4.78 is 0. The van der Waals surface area contributed by atoms with Crippen molar-refractivity contribution in [2.75, 3.05) is 7.05 Å². The molecule has 2 nitrogen and oxygen atoms in total. The van der Waals surface area contributed by atoms with Crippen molar-refractivity contribution >= 4 is 16.7 Å². The third-order valence-electron chi connectivity index (χ3n) is 4.43. The van der Waals surface area contributed by atoms with Crippen LogP contribution >= 0.6 is 0 Å². The van der Waals surface area contributed by atoms with E-state index in [9.17, 15) is 4.79 Å². The number of amides is 1. The van der Waals surface area contributed by atoms with Gasteiger partial charge in [-0.15, -0.1) is 0 Å². The third kappa shape index (κ3) is 3.42. The van der Waals surface area contributed by atoms with Crippen molar-refractivity contribution in [1.82, 2.24) is 4.90 Å². The van der Waals surface area contributed by atoms with E-state index in [1.54, 1.807) is 0 Å². The van der Waals surface area contributed by atoms with Crippen LogP contribution in [0.5, 0.6) is 0 Å². The number of carbonyl (C=O) groups is 1. The highest BCUT2D eigenvalue weighted by Crippen LogP contribution is 2.20. The molecular weight excluding hydrogens is 282 g/mol. The van der Waals surface area contributed by atoms with E-state index in [2.05, 4.69) is 43.3 Å². The predicted octanol–water partition coefficient (Wildman–Crippen LogP) is 4.60. The van der Waals surface area contributed by atoms with Crippen molar-refractivity contribution in [2.45, 2.75) is 19.4 Å². The second-order valence-corrected chi connectivity index (χ2v) is 5.95. The Labute approximate surface area is 137 Å². The van der Waals surface area contributed by atoms with Gasteiger partial charge in [-0.25, -0.2) is 0 Å². The molecule has 1 amide bonds. The fourth-order valence-electron chi connectivity index (χ4n) is 2.82. The molecule has 3 rings (SSSR count). The summed E-state index contributed by atoms with van der Waals surface area (Å²) in [6.45, 7) is 2.06. The van der Waals surface area contributed by atoms with Crippen LogP contribution in [-0.4, -0.2) is 17.9 Å². The van der Waals surface area contributed by atoms with Gasteiger partial charge in [0.25, 0.3) is 0 Å². The van der Waals surface area contributed by atoms with Gasteiger partial charge in [0.2, 0.25) is 5.91 Å². The largest absolute Gasteiger partial charge is 0.339 e. The summed E-state index contributed by atoms with van der Waals surface area (Å²) in [4.78, 5) is 14.4. The van der Waals surface area contributed by atoms with Crippen LogP contribution in [0.25, 0.3) is 10.8 Å². The minimum Gasteiger partial charge on any atom is -0.339 e. The Morgan fingerprint density at radius 2 is 1.57 bits per heavy atom. The van der Waals surface area contributed by atoms with Gasteiger partial charge in [0.15, 0.2) is 0 Å². The Morgan fingerprint density at radius 3 is 2.30 bits per heavy atom. The second kappa shape index (κ2) is 6.66. The van der Waals surface area contributed by atoms with E-state index in [1.165, 1.54) is 10.8 Å². The van der Waals surface area contributed by atoms with Crippen molar-refractivity contribution in [3.05, 3.63) is 83.9 Å². The first-order valence-corrected chi connectivity index (χ1v) is 7.93. The van der Waals surface area contributed by atoms with Gasteiger partial charge >= 0.3 is 0 Å². The Kier molecular flexibility index (Phi) is 4.42. The van der Waals surface area contributed by atoms with Gasteiger partial charge in [-0.05, 0) is 28.8 Å². The van der Waals surface area contributed by atoms with E-state index >= 15 is 0 Å². The molecule has 3 aromatic carbocycles. The van der Waals surface area contributed by atoms with Crippen LogP contribution in [0.2, 0.25) is 0 Å². The molecule has 0 aromatic heterocycles. The van der Waals surface area contributed by atoms with Gasteiger partial charge in [-0.1, -0.05) is 72.8 Å². The van der Waals surface area contributed by atoms with Crippen molar-refractivity contribution in [1.29, 1.82) is 0 Å². The number of carbonyl (C=O) groups excluding carboxylic acids is 1. The number of hydrogen-bond donors (Lipinski definition) is 0. The first-order chi connectivity index (χ1) is 11.1. The standard InChI is InChI=1S/C21H21NO/c1-16(18-8-4-3-5-9-18)22(2)21(23)15-17-12-13-19-10-6-7-11-20(19)14-17/h3-14,16H,15H2,1-2H3. The lowest BCUT2D eigenvalue weighted by Crippen LogP contribution is -2.30. The van der Waals surface area contributed by atoms with Crippen LogP contribution in [0.3, 0.4) is 0 Å². The molecule has 116 valence electrons. The number of rotatable bonds is 4.